The number of aryl methyl sites for hydroxylation is 2. The molecule has 9 heteroatoms. The Hall–Kier alpha value is -3.36. The number of benzene rings is 3. The minimum Gasteiger partial charge on any atom is -0.354 e. The molecule has 42 heavy (non-hydrogen) atoms. The minimum absolute atomic E-state index is 0.0643. The summed E-state index contributed by atoms with van der Waals surface area (Å²) in [4.78, 5) is 29.1. The standard InChI is InChI=1S/C33H42ClN3O4S/c1-5-6-18-35-33(39)31(23-27-13-8-7-9-14-27)36(24-28-15-10-11-16-30(28)34)32(38)17-12-19-37(42(4,40)41)29-21-25(2)20-26(3)22-29/h7-11,13-16,20-22,31H,5-6,12,17-19,23-24H2,1-4H3,(H,35,39)/t31-/m1/s1. The molecule has 0 spiro atoms. The van der Waals surface area contributed by atoms with E-state index in [4.69, 9.17) is 11.6 Å². The molecule has 3 rings (SSSR count). The van der Waals surface area contributed by atoms with Crippen LogP contribution in [0.1, 0.15) is 54.9 Å². The van der Waals surface area contributed by atoms with Gasteiger partial charge in [-0.1, -0.05) is 79.5 Å². The Morgan fingerprint density at radius 2 is 1.57 bits per heavy atom. The van der Waals surface area contributed by atoms with E-state index in [1.165, 1.54) is 10.6 Å². The van der Waals surface area contributed by atoms with Gasteiger partial charge in [0.25, 0.3) is 0 Å². The van der Waals surface area contributed by atoms with Crippen molar-refractivity contribution >= 4 is 39.1 Å². The Bertz CT molecular complexity index is 1430. The van der Waals surface area contributed by atoms with Gasteiger partial charge in [-0.3, -0.25) is 13.9 Å². The predicted molar refractivity (Wildman–Crippen MR) is 171 cm³/mol. The number of carbonyl (C=O) groups is 2. The zero-order valence-electron chi connectivity index (χ0n) is 25.0. The molecule has 226 valence electrons. The largest absolute Gasteiger partial charge is 0.354 e. The Labute approximate surface area is 255 Å². The Kier molecular flexibility index (Phi) is 12.4. The number of rotatable bonds is 15. The van der Waals surface area contributed by atoms with E-state index in [0.29, 0.717) is 23.7 Å². The van der Waals surface area contributed by atoms with Gasteiger partial charge in [-0.15, -0.1) is 0 Å². The molecule has 0 unspecified atom stereocenters. The molecule has 0 aromatic heterocycles. The Balaban J connectivity index is 1.89. The number of anilines is 1. The Morgan fingerprint density at radius 3 is 2.19 bits per heavy atom. The van der Waals surface area contributed by atoms with Crippen LogP contribution in [0.3, 0.4) is 0 Å². The molecule has 1 atom stereocenters. The first-order chi connectivity index (χ1) is 20.0. The van der Waals surface area contributed by atoms with E-state index in [0.717, 1.165) is 35.1 Å². The number of sulfonamides is 1. The molecule has 1 N–H and O–H groups in total. The molecule has 0 saturated heterocycles. The van der Waals surface area contributed by atoms with Gasteiger partial charge in [-0.05, 0) is 67.1 Å². The lowest BCUT2D eigenvalue weighted by atomic mass is 10.0. The van der Waals surface area contributed by atoms with E-state index in [-0.39, 0.29) is 37.7 Å². The van der Waals surface area contributed by atoms with Crippen LogP contribution in [0.2, 0.25) is 5.02 Å². The van der Waals surface area contributed by atoms with Crippen molar-refractivity contribution in [3.63, 3.8) is 0 Å². The number of unbranched alkanes of at least 4 members (excludes halogenated alkanes) is 1. The first kappa shape index (κ1) is 33.1. The Morgan fingerprint density at radius 1 is 0.929 bits per heavy atom. The first-order valence-electron chi connectivity index (χ1n) is 14.4. The molecule has 3 aromatic carbocycles. The van der Waals surface area contributed by atoms with Crippen molar-refractivity contribution in [1.82, 2.24) is 10.2 Å². The number of hydrogen-bond donors (Lipinski definition) is 1. The smallest absolute Gasteiger partial charge is 0.243 e. The topological polar surface area (TPSA) is 86.8 Å². The fourth-order valence-corrected chi connectivity index (χ4v) is 6.11. The molecule has 0 aliphatic carbocycles. The lowest BCUT2D eigenvalue weighted by Gasteiger charge is -2.32. The number of amides is 2. The maximum atomic E-state index is 13.9. The van der Waals surface area contributed by atoms with Crippen LogP contribution < -0.4 is 9.62 Å². The van der Waals surface area contributed by atoms with Gasteiger partial charge in [0.2, 0.25) is 21.8 Å². The maximum Gasteiger partial charge on any atom is 0.243 e. The number of nitrogens with zero attached hydrogens (tertiary/aromatic N) is 2. The zero-order valence-corrected chi connectivity index (χ0v) is 26.5. The summed E-state index contributed by atoms with van der Waals surface area (Å²) in [7, 11) is -3.58. The predicted octanol–water partition coefficient (Wildman–Crippen LogP) is 6.06. The average molecular weight is 612 g/mol. The highest BCUT2D eigenvalue weighted by Gasteiger charge is 2.31. The third-order valence-corrected chi connectivity index (χ3v) is 8.61. The summed E-state index contributed by atoms with van der Waals surface area (Å²) in [6.45, 7) is 6.72. The van der Waals surface area contributed by atoms with Gasteiger partial charge in [0.1, 0.15) is 6.04 Å². The second-order valence-electron chi connectivity index (χ2n) is 10.7. The van der Waals surface area contributed by atoms with Crippen LogP contribution in [0.4, 0.5) is 5.69 Å². The molecule has 0 fully saturated rings. The van der Waals surface area contributed by atoms with Crippen LogP contribution in [0, 0.1) is 13.8 Å². The van der Waals surface area contributed by atoms with Gasteiger partial charge in [-0.2, -0.15) is 0 Å². The molecule has 0 saturated carbocycles. The van der Waals surface area contributed by atoms with Gasteiger partial charge in [0, 0.05) is 37.5 Å². The average Bonchev–Trinajstić information content (AvgIpc) is 2.93. The van der Waals surface area contributed by atoms with Crippen molar-refractivity contribution in [3.05, 3.63) is 100 Å². The summed E-state index contributed by atoms with van der Waals surface area (Å²) in [5, 5.41) is 3.52. The number of hydrogen-bond acceptors (Lipinski definition) is 4. The third-order valence-electron chi connectivity index (χ3n) is 7.05. The normalized spacial score (nSPS) is 12.0. The third kappa shape index (κ3) is 9.88. The SMILES string of the molecule is CCCCNC(=O)[C@@H](Cc1ccccc1)N(Cc1ccccc1Cl)C(=O)CCCN(c1cc(C)cc(C)c1)S(C)(=O)=O. The van der Waals surface area contributed by atoms with E-state index in [1.54, 1.807) is 11.0 Å². The molecule has 0 aliphatic heterocycles. The lowest BCUT2D eigenvalue weighted by molar-refractivity contribution is -0.141. The van der Waals surface area contributed by atoms with Crippen molar-refractivity contribution in [1.29, 1.82) is 0 Å². The van der Waals surface area contributed by atoms with Crippen LogP contribution >= 0.6 is 11.6 Å². The number of nitrogens with one attached hydrogen (secondary N) is 1. The highest BCUT2D eigenvalue weighted by molar-refractivity contribution is 7.92. The van der Waals surface area contributed by atoms with Crippen LogP contribution in [0.5, 0.6) is 0 Å². The van der Waals surface area contributed by atoms with Crippen LogP contribution in [0.25, 0.3) is 0 Å². The zero-order chi connectivity index (χ0) is 30.7. The fraction of sp³-hybridized carbons (Fsp3) is 0.394. The summed E-state index contributed by atoms with van der Waals surface area (Å²) in [5.74, 6) is -0.462. The summed E-state index contributed by atoms with van der Waals surface area (Å²) in [6, 6.07) is 21.8. The minimum atomic E-state index is -3.58. The highest BCUT2D eigenvalue weighted by atomic mass is 35.5. The van der Waals surface area contributed by atoms with Gasteiger partial charge >= 0.3 is 0 Å². The van der Waals surface area contributed by atoms with Crippen molar-refractivity contribution in [2.45, 2.75) is 65.5 Å². The van der Waals surface area contributed by atoms with E-state index in [9.17, 15) is 18.0 Å². The maximum absolute atomic E-state index is 13.9. The van der Waals surface area contributed by atoms with E-state index in [2.05, 4.69) is 12.2 Å². The summed E-state index contributed by atoms with van der Waals surface area (Å²) in [6.07, 6.45) is 3.63. The van der Waals surface area contributed by atoms with E-state index in [1.807, 2.05) is 80.6 Å². The molecule has 2 amide bonds. The summed E-state index contributed by atoms with van der Waals surface area (Å²) in [5.41, 5.74) is 4.16. The van der Waals surface area contributed by atoms with Crippen LogP contribution in [-0.2, 0) is 32.6 Å². The molecule has 0 radical (unpaired) electrons. The summed E-state index contributed by atoms with van der Waals surface area (Å²) >= 11 is 6.50. The second kappa shape index (κ2) is 15.8. The molecule has 0 aliphatic rings. The molecule has 0 heterocycles. The molecular formula is C33H42ClN3O4S. The van der Waals surface area contributed by atoms with E-state index >= 15 is 0 Å². The quantitative estimate of drug-likeness (QED) is 0.212. The van der Waals surface area contributed by atoms with Crippen molar-refractivity contribution in [2.24, 2.45) is 0 Å². The lowest BCUT2D eigenvalue weighted by Crippen LogP contribution is -2.50. The van der Waals surface area contributed by atoms with Gasteiger partial charge in [0.05, 0.1) is 11.9 Å². The van der Waals surface area contributed by atoms with Crippen molar-refractivity contribution in [3.8, 4) is 0 Å². The molecule has 0 bridgehead atoms. The van der Waals surface area contributed by atoms with Gasteiger partial charge < -0.3 is 10.2 Å². The van der Waals surface area contributed by atoms with Gasteiger partial charge in [0.15, 0.2) is 0 Å². The van der Waals surface area contributed by atoms with Crippen molar-refractivity contribution < 1.29 is 18.0 Å². The monoisotopic (exact) mass is 611 g/mol. The van der Waals surface area contributed by atoms with Crippen LogP contribution in [-0.4, -0.2) is 50.5 Å². The molecule has 7 nitrogen and oxygen atoms in total. The van der Waals surface area contributed by atoms with Crippen molar-refractivity contribution in [2.75, 3.05) is 23.7 Å². The van der Waals surface area contributed by atoms with Crippen LogP contribution in [0.15, 0.2) is 72.8 Å². The number of carbonyl (C=O) groups excluding carboxylic acids is 2. The van der Waals surface area contributed by atoms with Gasteiger partial charge in [-0.25, -0.2) is 8.42 Å². The highest BCUT2D eigenvalue weighted by Crippen LogP contribution is 2.24. The number of halogens is 1. The fourth-order valence-electron chi connectivity index (χ4n) is 4.97. The van der Waals surface area contributed by atoms with E-state index < -0.39 is 16.1 Å². The first-order valence-corrected chi connectivity index (χ1v) is 16.6. The molecule has 3 aromatic rings. The summed E-state index contributed by atoms with van der Waals surface area (Å²) < 4.78 is 26.8. The second-order valence-corrected chi connectivity index (χ2v) is 13.1. The molecular weight excluding hydrogens is 570 g/mol.